The fourth-order valence-electron chi connectivity index (χ4n) is 0.881. The summed E-state index contributed by atoms with van der Waals surface area (Å²) in [5.74, 6) is 0.556. The van der Waals surface area contributed by atoms with Crippen molar-refractivity contribution in [1.29, 1.82) is 0 Å². The van der Waals surface area contributed by atoms with Crippen LogP contribution in [0.2, 0.25) is 0 Å². The maximum Gasteiger partial charge on any atom is 0.273 e. The lowest BCUT2D eigenvalue weighted by Crippen LogP contribution is -1.92. The molecule has 0 aliphatic carbocycles. The molecule has 0 saturated heterocycles. The van der Waals surface area contributed by atoms with Crippen LogP contribution in [0.25, 0.3) is 0 Å². The normalized spacial score (nSPS) is 9.75. The van der Waals surface area contributed by atoms with E-state index < -0.39 is 0 Å². The van der Waals surface area contributed by atoms with Gasteiger partial charge in [-0.3, -0.25) is 10.1 Å². The van der Waals surface area contributed by atoms with Gasteiger partial charge in [0.2, 0.25) is 0 Å². The van der Waals surface area contributed by atoms with Crippen LogP contribution in [0.5, 0.6) is 0 Å². The van der Waals surface area contributed by atoms with E-state index in [0.717, 1.165) is 0 Å². The van der Waals surface area contributed by atoms with Gasteiger partial charge in [-0.25, -0.2) is 0 Å². The van der Waals surface area contributed by atoms with Gasteiger partial charge in [0.05, 0.1) is 4.92 Å². The predicted molar refractivity (Wildman–Crippen MR) is 53.4 cm³/mol. The van der Waals surface area contributed by atoms with Crippen molar-refractivity contribution in [2.75, 3.05) is 0 Å². The number of rotatable bonds is 3. The number of hydrogen-bond acceptors (Lipinski definition) is 4. The van der Waals surface area contributed by atoms with Crippen molar-refractivity contribution in [2.45, 2.75) is 5.75 Å². The van der Waals surface area contributed by atoms with Crippen LogP contribution in [0, 0.1) is 10.1 Å². The molecule has 0 heterocycles. The van der Waals surface area contributed by atoms with E-state index in [-0.39, 0.29) is 10.6 Å². The Morgan fingerprint density at radius 1 is 1.50 bits per heavy atom. The largest absolute Gasteiger partial charge is 0.273 e. The van der Waals surface area contributed by atoms with Crippen molar-refractivity contribution in [1.82, 2.24) is 0 Å². The molecular formula is C7H7NO2S2. The molecule has 0 N–H and O–H groups in total. The van der Waals surface area contributed by atoms with Crippen LogP contribution in [-0.2, 0) is 5.75 Å². The fraction of sp³-hybridized carbons (Fsp3) is 0.143. The van der Waals surface area contributed by atoms with Crippen molar-refractivity contribution in [3.63, 3.8) is 0 Å². The zero-order chi connectivity index (χ0) is 8.97. The third kappa shape index (κ3) is 2.15. The lowest BCUT2D eigenvalue weighted by atomic mass is 10.2. The molecule has 0 bridgehead atoms. The van der Waals surface area contributed by atoms with Gasteiger partial charge in [0.15, 0.2) is 0 Å². The summed E-state index contributed by atoms with van der Waals surface area (Å²) in [5, 5.41) is 10.5. The number of benzene rings is 1. The fourth-order valence-corrected chi connectivity index (χ4v) is 1.68. The zero-order valence-electron chi connectivity index (χ0n) is 6.14. The highest BCUT2D eigenvalue weighted by molar-refractivity contribution is 8.68. The standard InChI is InChI=1S/C7H7NO2S2/c9-8(10)7-4-2-1-3-6(7)5-12-11/h1-4,11H,5H2. The third-order valence-electron chi connectivity index (χ3n) is 1.41. The van der Waals surface area contributed by atoms with Gasteiger partial charge in [-0.2, -0.15) is 0 Å². The maximum atomic E-state index is 10.5. The highest BCUT2D eigenvalue weighted by atomic mass is 33.1. The number of hydrogen-bond donors (Lipinski definition) is 1. The summed E-state index contributed by atoms with van der Waals surface area (Å²) in [4.78, 5) is 10.1. The van der Waals surface area contributed by atoms with Gasteiger partial charge in [-0.15, -0.1) is 11.7 Å². The first-order valence-electron chi connectivity index (χ1n) is 3.24. The Labute approximate surface area is 79.1 Å². The summed E-state index contributed by atoms with van der Waals surface area (Å²) in [6, 6.07) is 6.68. The third-order valence-corrected chi connectivity index (χ3v) is 2.24. The number of thiol groups is 1. The number of nitro groups is 1. The molecule has 1 aromatic carbocycles. The second-order valence-corrected chi connectivity index (χ2v) is 3.48. The summed E-state index contributed by atoms with van der Waals surface area (Å²) < 4.78 is 0. The summed E-state index contributed by atoms with van der Waals surface area (Å²) >= 11 is 3.94. The lowest BCUT2D eigenvalue weighted by molar-refractivity contribution is -0.385. The molecule has 0 atom stereocenters. The van der Waals surface area contributed by atoms with Crippen LogP contribution in [0.4, 0.5) is 5.69 Å². The molecule has 0 radical (unpaired) electrons. The highest BCUT2D eigenvalue weighted by Crippen LogP contribution is 2.23. The van der Waals surface area contributed by atoms with Gasteiger partial charge in [-0.1, -0.05) is 29.0 Å². The van der Waals surface area contributed by atoms with Crippen LogP contribution < -0.4 is 0 Å². The minimum absolute atomic E-state index is 0.166. The topological polar surface area (TPSA) is 43.1 Å². The van der Waals surface area contributed by atoms with Gasteiger partial charge in [0.1, 0.15) is 0 Å². The second kappa shape index (κ2) is 4.37. The lowest BCUT2D eigenvalue weighted by Gasteiger charge is -1.98. The molecule has 0 spiro atoms. The molecular weight excluding hydrogens is 194 g/mol. The van der Waals surface area contributed by atoms with Gasteiger partial charge < -0.3 is 0 Å². The molecule has 3 nitrogen and oxygen atoms in total. The Morgan fingerprint density at radius 3 is 2.75 bits per heavy atom. The molecule has 0 amide bonds. The Hall–Kier alpha value is -0.680. The smallest absolute Gasteiger partial charge is 0.258 e. The van der Waals surface area contributed by atoms with Crippen LogP contribution >= 0.6 is 22.5 Å². The first kappa shape index (κ1) is 9.41. The summed E-state index contributed by atoms with van der Waals surface area (Å²) in [6.07, 6.45) is 0. The van der Waals surface area contributed by atoms with E-state index in [1.54, 1.807) is 18.2 Å². The van der Waals surface area contributed by atoms with Crippen molar-refractivity contribution < 1.29 is 4.92 Å². The van der Waals surface area contributed by atoms with E-state index in [1.165, 1.54) is 16.9 Å². The van der Waals surface area contributed by atoms with Gasteiger partial charge >= 0.3 is 0 Å². The Kier molecular flexibility index (Phi) is 3.43. The molecule has 0 aromatic heterocycles. The van der Waals surface area contributed by atoms with Gasteiger partial charge in [0, 0.05) is 17.4 Å². The van der Waals surface area contributed by atoms with E-state index in [2.05, 4.69) is 11.7 Å². The minimum Gasteiger partial charge on any atom is -0.258 e. The maximum absolute atomic E-state index is 10.5. The molecule has 64 valence electrons. The molecule has 0 aliphatic heterocycles. The second-order valence-electron chi connectivity index (χ2n) is 2.16. The quantitative estimate of drug-likeness (QED) is 0.354. The average molecular weight is 201 g/mol. The molecule has 0 saturated carbocycles. The monoisotopic (exact) mass is 201 g/mol. The highest BCUT2D eigenvalue weighted by Gasteiger charge is 2.10. The van der Waals surface area contributed by atoms with E-state index in [4.69, 9.17) is 0 Å². The molecule has 1 rings (SSSR count). The van der Waals surface area contributed by atoms with Crippen molar-refractivity contribution in [3.8, 4) is 0 Å². The number of para-hydroxylation sites is 1. The predicted octanol–water partition coefficient (Wildman–Crippen LogP) is 2.67. The summed E-state index contributed by atoms with van der Waals surface area (Å²) in [6.45, 7) is 0. The molecule has 5 heteroatoms. The summed E-state index contributed by atoms with van der Waals surface area (Å²) in [7, 11) is 1.28. The van der Waals surface area contributed by atoms with E-state index in [1.807, 2.05) is 0 Å². The molecule has 0 aliphatic rings. The molecule has 12 heavy (non-hydrogen) atoms. The zero-order valence-corrected chi connectivity index (χ0v) is 7.85. The molecule has 1 aromatic rings. The van der Waals surface area contributed by atoms with E-state index in [0.29, 0.717) is 11.3 Å². The Morgan fingerprint density at radius 2 is 2.17 bits per heavy atom. The van der Waals surface area contributed by atoms with Crippen LogP contribution in [0.15, 0.2) is 24.3 Å². The average Bonchev–Trinajstić information content (AvgIpc) is 2.05. The van der Waals surface area contributed by atoms with Crippen molar-refractivity contribution in [3.05, 3.63) is 39.9 Å². The van der Waals surface area contributed by atoms with Crippen LogP contribution in [-0.4, -0.2) is 4.92 Å². The number of nitro benzene ring substituents is 1. The van der Waals surface area contributed by atoms with E-state index in [9.17, 15) is 10.1 Å². The first-order chi connectivity index (χ1) is 5.75. The van der Waals surface area contributed by atoms with Gasteiger partial charge in [0.25, 0.3) is 5.69 Å². The van der Waals surface area contributed by atoms with Crippen LogP contribution in [0.1, 0.15) is 5.56 Å². The summed E-state index contributed by atoms with van der Waals surface area (Å²) in [5.41, 5.74) is 0.876. The Balaban J connectivity index is 3.00. The van der Waals surface area contributed by atoms with Gasteiger partial charge in [-0.05, 0) is 0 Å². The SMILES string of the molecule is O=[N+]([O-])c1ccccc1CSS. The minimum atomic E-state index is -0.376. The van der Waals surface area contributed by atoms with E-state index >= 15 is 0 Å². The van der Waals surface area contributed by atoms with Crippen molar-refractivity contribution in [2.24, 2.45) is 0 Å². The Bertz CT molecular complexity index is 290. The molecule has 0 unspecified atom stereocenters. The van der Waals surface area contributed by atoms with Crippen LogP contribution in [0.3, 0.4) is 0 Å². The molecule has 0 fully saturated rings. The first-order valence-corrected chi connectivity index (χ1v) is 5.28. The van der Waals surface area contributed by atoms with Crippen molar-refractivity contribution >= 4 is 28.1 Å². The number of nitrogens with zero attached hydrogens (tertiary/aromatic N) is 1.